The molecule has 0 atom stereocenters. The van der Waals surface area contributed by atoms with E-state index in [9.17, 15) is 0 Å². The molecule has 0 radical (unpaired) electrons. The molecule has 1 aromatic rings. The van der Waals surface area contributed by atoms with Gasteiger partial charge in [-0.15, -0.1) is 0 Å². The van der Waals surface area contributed by atoms with Gasteiger partial charge in [0.15, 0.2) is 0 Å². The van der Waals surface area contributed by atoms with E-state index in [1.807, 2.05) is 7.05 Å². The van der Waals surface area contributed by atoms with Crippen LogP contribution in [0.3, 0.4) is 0 Å². The highest BCUT2D eigenvalue weighted by atomic mass is 14.8. The highest BCUT2D eigenvalue weighted by Crippen LogP contribution is 2.06. The third-order valence-electron chi connectivity index (χ3n) is 3.11. The van der Waals surface area contributed by atoms with Crippen molar-refractivity contribution in [2.24, 2.45) is 0 Å². The van der Waals surface area contributed by atoms with Gasteiger partial charge in [0.25, 0.3) is 0 Å². The first-order chi connectivity index (χ1) is 8.34. The third kappa shape index (κ3) is 6.44. The van der Waals surface area contributed by atoms with Crippen LogP contribution in [0.4, 0.5) is 0 Å². The largest absolute Gasteiger partial charge is 0.320 e. The van der Waals surface area contributed by atoms with Gasteiger partial charge in [0.1, 0.15) is 0 Å². The van der Waals surface area contributed by atoms with Crippen LogP contribution in [0.5, 0.6) is 0 Å². The molecule has 0 aliphatic rings. The molecule has 0 aromatic heterocycles. The summed E-state index contributed by atoms with van der Waals surface area (Å²) in [5.74, 6) is 0. The van der Waals surface area contributed by atoms with Gasteiger partial charge < -0.3 is 10.6 Å². The molecule has 2 nitrogen and oxygen atoms in total. The van der Waals surface area contributed by atoms with Crippen molar-refractivity contribution >= 4 is 0 Å². The van der Waals surface area contributed by atoms with Crippen LogP contribution in [0, 0.1) is 6.92 Å². The lowest BCUT2D eigenvalue weighted by atomic mass is 10.1. The highest BCUT2D eigenvalue weighted by molar-refractivity contribution is 5.25. The quantitative estimate of drug-likeness (QED) is 0.642. The molecular weight excluding hydrogens is 208 g/mol. The molecule has 0 bridgehead atoms. The molecule has 0 aliphatic heterocycles. The molecule has 1 rings (SSSR count). The fraction of sp³-hybridized carbons (Fsp3) is 0.600. The molecule has 0 unspecified atom stereocenters. The second-order valence-corrected chi connectivity index (χ2v) is 4.62. The van der Waals surface area contributed by atoms with Crippen molar-refractivity contribution in [2.45, 2.75) is 39.2 Å². The van der Waals surface area contributed by atoms with Crippen LogP contribution in [-0.4, -0.2) is 20.1 Å². The molecule has 0 aliphatic carbocycles. The average molecular weight is 234 g/mol. The molecule has 0 amide bonds. The third-order valence-corrected chi connectivity index (χ3v) is 3.11. The van der Waals surface area contributed by atoms with Crippen molar-refractivity contribution in [2.75, 3.05) is 20.1 Å². The van der Waals surface area contributed by atoms with E-state index in [1.165, 1.54) is 36.8 Å². The molecule has 1 aromatic carbocycles. The smallest absolute Gasteiger partial charge is 0.0208 e. The van der Waals surface area contributed by atoms with E-state index in [0.29, 0.717) is 0 Å². The van der Waals surface area contributed by atoms with Crippen molar-refractivity contribution < 1.29 is 0 Å². The number of aryl methyl sites for hydroxylation is 1. The molecule has 0 fully saturated rings. The predicted molar refractivity (Wildman–Crippen MR) is 75.3 cm³/mol. The molecule has 96 valence electrons. The van der Waals surface area contributed by atoms with E-state index < -0.39 is 0 Å². The molecule has 2 heteroatoms. The Balaban J connectivity index is 1.99. The number of rotatable bonds is 9. The van der Waals surface area contributed by atoms with E-state index in [0.717, 1.165) is 19.6 Å². The van der Waals surface area contributed by atoms with Crippen LogP contribution in [0.2, 0.25) is 0 Å². The van der Waals surface area contributed by atoms with Crippen LogP contribution in [0.15, 0.2) is 24.3 Å². The van der Waals surface area contributed by atoms with Gasteiger partial charge in [0.05, 0.1) is 0 Å². The summed E-state index contributed by atoms with van der Waals surface area (Å²) in [6.07, 6.45) is 5.26. The van der Waals surface area contributed by atoms with Crippen molar-refractivity contribution in [3.05, 3.63) is 35.4 Å². The summed E-state index contributed by atoms with van der Waals surface area (Å²) in [5.41, 5.74) is 2.80. The normalized spacial score (nSPS) is 10.7. The van der Waals surface area contributed by atoms with E-state index in [-0.39, 0.29) is 0 Å². The number of hydrogen-bond acceptors (Lipinski definition) is 2. The second kappa shape index (κ2) is 9.20. The minimum atomic E-state index is 1.00. The Bertz CT molecular complexity index is 297. The Hall–Kier alpha value is -0.860. The number of hydrogen-bond donors (Lipinski definition) is 2. The SMILES string of the molecule is CNCCCCCCNCc1ccccc1C. The Morgan fingerprint density at radius 3 is 2.35 bits per heavy atom. The van der Waals surface area contributed by atoms with Gasteiger partial charge in [0, 0.05) is 6.54 Å². The first kappa shape index (κ1) is 14.2. The zero-order valence-corrected chi connectivity index (χ0v) is 11.3. The summed E-state index contributed by atoms with van der Waals surface area (Å²) in [5, 5.41) is 6.70. The van der Waals surface area contributed by atoms with Crippen LogP contribution in [0.25, 0.3) is 0 Å². The van der Waals surface area contributed by atoms with Gasteiger partial charge in [-0.3, -0.25) is 0 Å². The first-order valence-corrected chi connectivity index (χ1v) is 6.74. The average Bonchev–Trinajstić information content (AvgIpc) is 2.35. The molecule has 0 saturated heterocycles. The molecule has 0 spiro atoms. The Kier molecular flexibility index (Phi) is 7.69. The van der Waals surface area contributed by atoms with Crippen LogP contribution in [0.1, 0.15) is 36.8 Å². The molecule has 0 saturated carbocycles. The molecule has 0 heterocycles. The number of nitrogens with one attached hydrogen (secondary N) is 2. The number of unbranched alkanes of at least 4 members (excludes halogenated alkanes) is 3. The Morgan fingerprint density at radius 1 is 0.941 bits per heavy atom. The zero-order chi connectivity index (χ0) is 12.3. The van der Waals surface area contributed by atoms with Crippen LogP contribution < -0.4 is 10.6 Å². The van der Waals surface area contributed by atoms with Crippen molar-refractivity contribution in [3.63, 3.8) is 0 Å². The highest BCUT2D eigenvalue weighted by Gasteiger charge is 1.95. The molecule has 2 N–H and O–H groups in total. The second-order valence-electron chi connectivity index (χ2n) is 4.62. The van der Waals surface area contributed by atoms with Gasteiger partial charge in [-0.25, -0.2) is 0 Å². The lowest BCUT2D eigenvalue weighted by Crippen LogP contribution is -2.15. The summed E-state index contributed by atoms with van der Waals surface area (Å²) in [7, 11) is 2.02. The van der Waals surface area contributed by atoms with E-state index in [4.69, 9.17) is 0 Å². The zero-order valence-electron chi connectivity index (χ0n) is 11.3. The topological polar surface area (TPSA) is 24.1 Å². The van der Waals surface area contributed by atoms with Gasteiger partial charge >= 0.3 is 0 Å². The first-order valence-electron chi connectivity index (χ1n) is 6.74. The lowest BCUT2D eigenvalue weighted by molar-refractivity contribution is 0.577. The summed E-state index contributed by atoms with van der Waals surface area (Å²) >= 11 is 0. The Morgan fingerprint density at radius 2 is 1.65 bits per heavy atom. The van der Waals surface area contributed by atoms with E-state index in [1.54, 1.807) is 0 Å². The summed E-state index contributed by atoms with van der Waals surface area (Å²) in [4.78, 5) is 0. The minimum absolute atomic E-state index is 1.00. The summed E-state index contributed by atoms with van der Waals surface area (Å²) in [6.45, 7) is 5.46. The van der Waals surface area contributed by atoms with Crippen molar-refractivity contribution in [1.29, 1.82) is 0 Å². The summed E-state index contributed by atoms with van der Waals surface area (Å²) < 4.78 is 0. The maximum Gasteiger partial charge on any atom is 0.0208 e. The fourth-order valence-electron chi connectivity index (χ4n) is 1.94. The minimum Gasteiger partial charge on any atom is -0.320 e. The van der Waals surface area contributed by atoms with Gasteiger partial charge in [-0.05, 0) is 51.0 Å². The maximum atomic E-state index is 3.52. The van der Waals surface area contributed by atoms with Crippen molar-refractivity contribution in [1.82, 2.24) is 10.6 Å². The molecule has 17 heavy (non-hydrogen) atoms. The van der Waals surface area contributed by atoms with E-state index >= 15 is 0 Å². The van der Waals surface area contributed by atoms with Gasteiger partial charge in [0.2, 0.25) is 0 Å². The van der Waals surface area contributed by atoms with Gasteiger partial charge in [-0.1, -0.05) is 37.1 Å². The van der Waals surface area contributed by atoms with E-state index in [2.05, 4.69) is 41.8 Å². The van der Waals surface area contributed by atoms with Crippen LogP contribution >= 0.6 is 0 Å². The standard InChI is InChI=1S/C15H26N2/c1-14-9-5-6-10-15(14)13-17-12-8-4-3-7-11-16-2/h5-6,9-10,16-17H,3-4,7-8,11-13H2,1-2H3. The van der Waals surface area contributed by atoms with Crippen LogP contribution in [-0.2, 0) is 6.54 Å². The molecular formula is C15H26N2. The Labute approximate surface area is 106 Å². The lowest BCUT2D eigenvalue weighted by Gasteiger charge is -2.07. The van der Waals surface area contributed by atoms with Crippen molar-refractivity contribution in [3.8, 4) is 0 Å². The monoisotopic (exact) mass is 234 g/mol. The van der Waals surface area contributed by atoms with Gasteiger partial charge in [-0.2, -0.15) is 0 Å². The summed E-state index contributed by atoms with van der Waals surface area (Å²) in [6, 6.07) is 8.59. The maximum absolute atomic E-state index is 3.52. The number of benzene rings is 1. The predicted octanol–water partition coefficient (Wildman–Crippen LogP) is 2.86. The fourth-order valence-corrected chi connectivity index (χ4v) is 1.94.